The van der Waals surface area contributed by atoms with Gasteiger partial charge in [-0.15, -0.1) is 6.58 Å². The number of fused-ring (bicyclic) bond motifs is 1. The van der Waals surface area contributed by atoms with Crippen LogP contribution in [0.25, 0.3) is 5.52 Å². The van der Waals surface area contributed by atoms with Crippen molar-refractivity contribution in [1.82, 2.24) is 25.0 Å². The zero-order valence-electron chi connectivity index (χ0n) is 13.5. The van der Waals surface area contributed by atoms with Gasteiger partial charge in [-0.2, -0.15) is 0 Å². The molecule has 3 aromatic heterocycles. The van der Waals surface area contributed by atoms with Crippen LogP contribution in [0.15, 0.2) is 61.6 Å². The Labute approximate surface area is 144 Å². The molecule has 2 N–H and O–H groups in total. The Bertz CT molecular complexity index is 918. The lowest BCUT2D eigenvalue weighted by molar-refractivity contribution is 0.0940. The number of pyridine rings is 2. The summed E-state index contributed by atoms with van der Waals surface area (Å²) in [4.78, 5) is 33.0. The number of carbonyl (C=O) groups excluding carboxylic acids is 2. The van der Waals surface area contributed by atoms with Gasteiger partial charge in [-0.1, -0.05) is 18.2 Å². The maximum absolute atomic E-state index is 12.5. The van der Waals surface area contributed by atoms with Gasteiger partial charge in [-0.05, 0) is 23.8 Å². The zero-order valence-corrected chi connectivity index (χ0v) is 13.5. The van der Waals surface area contributed by atoms with E-state index in [0.717, 1.165) is 5.56 Å². The van der Waals surface area contributed by atoms with Crippen LogP contribution in [0.1, 0.15) is 26.7 Å². The van der Waals surface area contributed by atoms with E-state index in [1.807, 2.05) is 6.07 Å². The third-order valence-corrected chi connectivity index (χ3v) is 3.55. The first-order valence-electron chi connectivity index (χ1n) is 7.74. The van der Waals surface area contributed by atoms with Crippen LogP contribution in [0.3, 0.4) is 0 Å². The summed E-state index contributed by atoms with van der Waals surface area (Å²) in [5, 5.41) is 5.47. The van der Waals surface area contributed by atoms with Crippen molar-refractivity contribution in [3.05, 3.63) is 78.7 Å². The largest absolute Gasteiger partial charge is 0.347 e. The third-order valence-electron chi connectivity index (χ3n) is 3.55. The molecule has 0 fully saturated rings. The maximum atomic E-state index is 12.5. The van der Waals surface area contributed by atoms with Crippen LogP contribution in [0.5, 0.6) is 0 Å². The minimum atomic E-state index is -0.368. The van der Waals surface area contributed by atoms with Crippen molar-refractivity contribution in [3.8, 4) is 0 Å². The number of hydrogen-bond acceptors (Lipinski definition) is 4. The van der Waals surface area contributed by atoms with Crippen LogP contribution in [0.4, 0.5) is 0 Å². The highest BCUT2D eigenvalue weighted by Crippen LogP contribution is 2.13. The molecule has 3 rings (SSSR count). The van der Waals surface area contributed by atoms with E-state index in [2.05, 4.69) is 27.2 Å². The molecule has 0 aliphatic heterocycles. The monoisotopic (exact) mass is 335 g/mol. The Balaban J connectivity index is 1.86. The number of carbonyl (C=O) groups is 2. The average Bonchev–Trinajstić information content (AvgIpc) is 3.05. The second kappa shape index (κ2) is 7.39. The molecular weight excluding hydrogens is 318 g/mol. The van der Waals surface area contributed by atoms with Gasteiger partial charge in [0.15, 0.2) is 5.69 Å². The minimum Gasteiger partial charge on any atom is -0.347 e. The Morgan fingerprint density at radius 1 is 1.16 bits per heavy atom. The van der Waals surface area contributed by atoms with Gasteiger partial charge >= 0.3 is 0 Å². The topological polar surface area (TPSA) is 88.4 Å². The molecule has 2 amide bonds. The Morgan fingerprint density at radius 3 is 2.80 bits per heavy atom. The predicted octanol–water partition coefficient (Wildman–Crippen LogP) is 1.58. The van der Waals surface area contributed by atoms with Gasteiger partial charge < -0.3 is 10.6 Å². The fourth-order valence-electron chi connectivity index (χ4n) is 2.38. The van der Waals surface area contributed by atoms with E-state index in [0.29, 0.717) is 18.6 Å². The molecule has 7 heteroatoms. The molecule has 0 spiro atoms. The summed E-state index contributed by atoms with van der Waals surface area (Å²) in [7, 11) is 0. The molecule has 126 valence electrons. The number of aromatic nitrogens is 3. The van der Waals surface area contributed by atoms with Crippen molar-refractivity contribution >= 4 is 17.3 Å². The fourth-order valence-corrected chi connectivity index (χ4v) is 2.38. The van der Waals surface area contributed by atoms with Crippen LogP contribution in [-0.4, -0.2) is 32.7 Å². The quantitative estimate of drug-likeness (QED) is 0.669. The molecule has 0 radical (unpaired) electrons. The Hall–Kier alpha value is -3.48. The van der Waals surface area contributed by atoms with E-state index in [9.17, 15) is 9.59 Å². The molecule has 0 atom stereocenters. The lowest BCUT2D eigenvalue weighted by atomic mass is 10.3. The molecule has 0 unspecified atom stereocenters. The van der Waals surface area contributed by atoms with E-state index in [-0.39, 0.29) is 23.3 Å². The van der Waals surface area contributed by atoms with Gasteiger partial charge in [0.25, 0.3) is 11.8 Å². The van der Waals surface area contributed by atoms with Crippen LogP contribution >= 0.6 is 0 Å². The standard InChI is InChI=1S/C18H17N5O2/c1-2-8-20-17(24)15-14-7-3-4-10-23(14)16(22-15)18(25)21-12-13-6-5-9-19-11-13/h2-7,9-11H,1,8,12H2,(H,20,24)(H,21,25). The van der Waals surface area contributed by atoms with Crippen LogP contribution in [0, 0.1) is 0 Å². The van der Waals surface area contributed by atoms with Crippen LogP contribution in [-0.2, 0) is 6.54 Å². The molecule has 0 saturated heterocycles. The predicted molar refractivity (Wildman–Crippen MR) is 93.1 cm³/mol. The minimum absolute atomic E-state index is 0.156. The Kier molecular flexibility index (Phi) is 4.84. The van der Waals surface area contributed by atoms with Crippen molar-refractivity contribution in [1.29, 1.82) is 0 Å². The van der Waals surface area contributed by atoms with Gasteiger partial charge in [0.05, 0.1) is 5.52 Å². The summed E-state index contributed by atoms with van der Waals surface area (Å²) >= 11 is 0. The van der Waals surface area contributed by atoms with E-state index in [1.165, 1.54) is 0 Å². The number of imidazole rings is 1. The third kappa shape index (κ3) is 3.55. The summed E-state index contributed by atoms with van der Waals surface area (Å²) in [6.07, 6.45) is 6.63. The average molecular weight is 335 g/mol. The van der Waals surface area contributed by atoms with Crippen molar-refractivity contribution < 1.29 is 9.59 Å². The van der Waals surface area contributed by atoms with Crippen LogP contribution < -0.4 is 10.6 Å². The molecule has 25 heavy (non-hydrogen) atoms. The summed E-state index contributed by atoms with van der Waals surface area (Å²) < 4.78 is 1.60. The molecule has 0 aliphatic carbocycles. The van der Waals surface area contributed by atoms with Gasteiger partial charge in [0.1, 0.15) is 0 Å². The van der Waals surface area contributed by atoms with Gasteiger partial charge in [-0.3, -0.25) is 19.0 Å². The number of nitrogens with one attached hydrogen (secondary N) is 2. The molecule has 0 aliphatic rings. The van der Waals surface area contributed by atoms with Crippen molar-refractivity contribution in [2.75, 3.05) is 6.54 Å². The normalized spacial score (nSPS) is 10.4. The number of amides is 2. The van der Waals surface area contributed by atoms with Crippen molar-refractivity contribution in [2.24, 2.45) is 0 Å². The highest BCUT2D eigenvalue weighted by molar-refractivity contribution is 6.02. The second-order valence-corrected chi connectivity index (χ2v) is 5.28. The molecule has 0 bridgehead atoms. The van der Waals surface area contributed by atoms with Crippen LogP contribution in [0.2, 0.25) is 0 Å². The molecular formula is C18H17N5O2. The summed E-state index contributed by atoms with van der Waals surface area (Å²) in [6, 6.07) is 8.98. The molecule has 3 heterocycles. The summed E-state index contributed by atoms with van der Waals surface area (Å²) in [5.74, 6) is -0.564. The van der Waals surface area contributed by atoms with Gasteiger partial charge in [0.2, 0.25) is 5.82 Å². The number of rotatable bonds is 6. The SMILES string of the molecule is C=CCNC(=O)c1nc(C(=O)NCc2cccnc2)n2ccccc12. The second-order valence-electron chi connectivity index (χ2n) is 5.28. The maximum Gasteiger partial charge on any atom is 0.287 e. The van der Waals surface area contributed by atoms with E-state index in [4.69, 9.17) is 0 Å². The lowest BCUT2D eigenvalue weighted by Crippen LogP contribution is -2.26. The summed E-state index contributed by atoms with van der Waals surface area (Å²) in [6.45, 7) is 4.22. The molecule has 7 nitrogen and oxygen atoms in total. The van der Waals surface area contributed by atoms with Gasteiger partial charge in [0, 0.05) is 31.7 Å². The fraction of sp³-hybridized carbons (Fsp3) is 0.111. The van der Waals surface area contributed by atoms with E-state index < -0.39 is 0 Å². The first-order valence-corrected chi connectivity index (χ1v) is 7.74. The number of hydrogen-bond donors (Lipinski definition) is 2. The highest BCUT2D eigenvalue weighted by Gasteiger charge is 2.20. The lowest BCUT2D eigenvalue weighted by Gasteiger charge is -2.04. The summed E-state index contributed by atoms with van der Waals surface area (Å²) in [5.41, 5.74) is 1.64. The number of nitrogens with zero attached hydrogens (tertiary/aromatic N) is 3. The van der Waals surface area contributed by atoms with E-state index in [1.54, 1.807) is 53.3 Å². The first-order chi connectivity index (χ1) is 12.2. The van der Waals surface area contributed by atoms with Crippen molar-refractivity contribution in [2.45, 2.75) is 6.54 Å². The zero-order chi connectivity index (χ0) is 17.6. The highest BCUT2D eigenvalue weighted by atomic mass is 16.2. The molecule has 0 aromatic carbocycles. The Morgan fingerprint density at radius 2 is 2.04 bits per heavy atom. The van der Waals surface area contributed by atoms with E-state index >= 15 is 0 Å². The smallest absolute Gasteiger partial charge is 0.287 e. The first kappa shape index (κ1) is 16.4. The van der Waals surface area contributed by atoms with Crippen molar-refractivity contribution in [3.63, 3.8) is 0 Å². The molecule has 0 saturated carbocycles. The van der Waals surface area contributed by atoms with Gasteiger partial charge in [-0.25, -0.2) is 4.98 Å². The molecule has 3 aromatic rings.